The Balaban J connectivity index is 1.44. The van der Waals surface area contributed by atoms with E-state index in [2.05, 4.69) is 55.7 Å². The quantitative estimate of drug-likeness (QED) is 0.837. The Labute approximate surface area is 173 Å². The van der Waals surface area contributed by atoms with Gasteiger partial charge in [-0.2, -0.15) is 5.10 Å². The molecule has 5 rings (SSSR count). The van der Waals surface area contributed by atoms with Gasteiger partial charge in [-0.1, -0.05) is 51.1 Å². The smallest absolute Gasteiger partial charge is 0.272 e. The highest BCUT2D eigenvalue weighted by molar-refractivity contribution is 5.94. The van der Waals surface area contributed by atoms with Gasteiger partial charge in [0.05, 0.1) is 6.54 Å². The van der Waals surface area contributed by atoms with Crippen molar-refractivity contribution in [3.63, 3.8) is 0 Å². The molecule has 5 heteroatoms. The van der Waals surface area contributed by atoms with Crippen LogP contribution < -0.4 is 10.6 Å². The predicted octanol–water partition coefficient (Wildman–Crippen LogP) is 3.52. The van der Waals surface area contributed by atoms with Crippen LogP contribution in [0.25, 0.3) is 0 Å². The fourth-order valence-corrected chi connectivity index (χ4v) is 6.35. The van der Waals surface area contributed by atoms with Crippen molar-refractivity contribution in [2.75, 3.05) is 6.54 Å². The summed E-state index contributed by atoms with van der Waals surface area (Å²) in [4.78, 5) is 13.4. The van der Waals surface area contributed by atoms with Crippen LogP contribution in [0.4, 0.5) is 0 Å². The van der Waals surface area contributed by atoms with Crippen LogP contribution >= 0.6 is 0 Å². The second-order valence-electron chi connectivity index (χ2n) is 10.2. The number of fused-ring (bicyclic) bond motifs is 3. The van der Waals surface area contributed by atoms with Crippen molar-refractivity contribution in [1.29, 1.82) is 0 Å². The summed E-state index contributed by atoms with van der Waals surface area (Å²) in [5.74, 6) is 0.715. The largest absolute Gasteiger partial charge is 0.347 e. The minimum Gasteiger partial charge on any atom is -0.347 e. The van der Waals surface area contributed by atoms with Crippen molar-refractivity contribution < 1.29 is 4.79 Å². The zero-order chi connectivity index (χ0) is 20.2. The van der Waals surface area contributed by atoms with Gasteiger partial charge in [0, 0.05) is 36.8 Å². The summed E-state index contributed by atoms with van der Waals surface area (Å²) in [6.07, 6.45) is 4.65. The van der Waals surface area contributed by atoms with Crippen LogP contribution in [0.15, 0.2) is 30.3 Å². The summed E-state index contributed by atoms with van der Waals surface area (Å²) in [5, 5.41) is 11.7. The molecule has 0 saturated heterocycles. The predicted molar refractivity (Wildman–Crippen MR) is 114 cm³/mol. The molecule has 2 aliphatic carbocycles. The topological polar surface area (TPSA) is 59.0 Å². The lowest BCUT2D eigenvalue weighted by Gasteiger charge is -2.43. The Morgan fingerprint density at radius 1 is 1.28 bits per heavy atom. The fraction of sp³-hybridized carbons (Fsp3) is 0.583. The molecule has 2 unspecified atom stereocenters. The molecule has 1 amide bonds. The second-order valence-corrected chi connectivity index (χ2v) is 10.2. The van der Waals surface area contributed by atoms with Crippen LogP contribution in [-0.2, 0) is 19.5 Å². The van der Waals surface area contributed by atoms with E-state index in [0.29, 0.717) is 18.2 Å². The number of benzene rings is 1. The minimum absolute atomic E-state index is 0.00334. The highest BCUT2D eigenvalue weighted by Crippen LogP contribution is 2.62. The first kappa shape index (κ1) is 18.9. The van der Waals surface area contributed by atoms with Gasteiger partial charge in [-0.25, -0.2) is 0 Å². The summed E-state index contributed by atoms with van der Waals surface area (Å²) in [6.45, 7) is 9.39. The van der Waals surface area contributed by atoms with Crippen molar-refractivity contribution in [1.82, 2.24) is 20.4 Å². The van der Waals surface area contributed by atoms with Gasteiger partial charge in [0.2, 0.25) is 0 Å². The number of hydrogen-bond acceptors (Lipinski definition) is 3. The van der Waals surface area contributed by atoms with Gasteiger partial charge in [-0.05, 0) is 41.6 Å². The maximum absolute atomic E-state index is 13.4. The molecule has 2 fully saturated rings. The van der Waals surface area contributed by atoms with E-state index in [4.69, 9.17) is 5.10 Å². The average Bonchev–Trinajstić information content (AvgIpc) is 3.33. The van der Waals surface area contributed by atoms with E-state index < -0.39 is 0 Å². The molecule has 2 aromatic rings. The van der Waals surface area contributed by atoms with Gasteiger partial charge < -0.3 is 10.6 Å². The van der Waals surface area contributed by atoms with Gasteiger partial charge in [-0.3, -0.25) is 9.48 Å². The third kappa shape index (κ3) is 3.02. The molecule has 1 aliphatic heterocycles. The zero-order valence-corrected chi connectivity index (χ0v) is 17.8. The molecule has 2 N–H and O–H groups in total. The Morgan fingerprint density at radius 3 is 2.79 bits per heavy atom. The molecular weight excluding hydrogens is 360 g/mol. The van der Waals surface area contributed by atoms with E-state index >= 15 is 0 Å². The average molecular weight is 393 g/mol. The van der Waals surface area contributed by atoms with E-state index in [1.54, 1.807) is 0 Å². The molecule has 29 heavy (non-hydrogen) atoms. The maximum Gasteiger partial charge on any atom is 0.272 e. The van der Waals surface area contributed by atoms with Crippen molar-refractivity contribution in [3.8, 4) is 0 Å². The van der Waals surface area contributed by atoms with Crippen molar-refractivity contribution in [2.45, 2.75) is 65.6 Å². The van der Waals surface area contributed by atoms with Gasteiger partial charge >= 0.3 is 0 Å². The Hall–Kier alpha value is -2.14. The van der Waals surface area contributed by atoms with Crippen LogP contribution in [0.1, 0.15) is 67.3 Å². The second kappa shape index (κ2) is 6.69. The van der Waals surface area contributed by atoms with Crippen LogP contribution in [0, 0.1) is 16.7 Å². The highest BCUT2D eigenvalue weighted by Gasteiger charge is 2.59. The molecular formula is C24H32N4O. The molecule has 1 aromatic heterocycles. The van der Waals surface area contributed by atoms with E-state index in [-0.39, 0.29) is 22.8 Å². The molecule has 3 aliphatic rings. The van der Waals surface area contributed by atoms with E-state index in [9.17, 15) is 4.79 Å². The molecule has 2 saturated carbocycles. The summed E-state index contributed by atoms with van der Waals surface area (Å²) in [6, 6.07) is 10.6. The molecule has 5 nitrogen and oxygen atoms in total. The van der Waals surface area contributed by atoms with Crippen LogP contribution in [0.3, 0.4) is 0 Å². The normalized spacial score (nSPS) is 29.6. The van der Waals surface area contributed by atoms with Gasteiger partial charge in [0.15, 0.2) is 5.69 Å². The maximum atomic E-state index is 13.4. The van der Waals surface area contributed by atoms with Gasteiger partial charge in [-0.15, -0.1) is 0 Å². The first-order valence-corrected chi connectivity index (χ1v) is 11.0. The summed E-state index contributed by atoms with van der Waals surface area (Å²) in [7, 11) is 0. The molecule has 1 aromatic carbocycles. The first-order valence-electron chi connectivity index (χ1n) is 11.0. The number of amides is 1. The monoisotopic (exact) mass is 392 g/mol. The third-order valence-electron chi connectivity index (χ3n) is 7.94. The summed E-state index contributed by atoms with van der Waals surface area (Å²) < 4.78 is 2.05. The molecule has 2 bridgehead atoms. The lowest BCUT2D eigenvalue weighted by atomic mass is 9.68. The van der Waals surface area contributed by atoms with Crippen molar-refractivity contribution in [2.24, 2.45) is 16.7 Å². The molecule has 0 spiro atoms. The fourth-order valence-electron chi connectivity index (χ4n) is 6.35. The molecule has 154 valence electrons. The number of rotatable bonds is 4. The van der Waals surface area contributed by atoms with Crippen LogP contribution in [0.5, 0.6) is 0 Å². The SMILES string of the molecule is CC12CCC(C1)C(C)(C)[C@H]2NC(=O)c1nn(Cc2ccccc2)c2c1CNCC2. The summed E-state index contributed by atoms with van der Waals surface area (Å²) >= 11 is 0. The van der Waals surface area contributed by atoms with E-state index in [1.165, 1.54) is 30.5 Å². The number of carbonyl (C=O) groups is 1. The van der Waals surface area contributed by atoms with Crippen molar-refractivity contribution in [3.05, 3.63) is 52.8 Å². The minimum atomic E-state index is 0.00334. The number of nitrogens with one attached hydrogen (secondary N) is 2. The van der Waals surface area contributed by atoms with E-state index in [0.717, 1.165) is 25.1 Å². The number of hydrogen-bond donors (Lipinski definition) is 2. The zero-order valence-electron chi connectivity index (χ0n) is 17.8. The van der Waals surface area contributed by atoms with Gasteiger partial charge in [0.1, 0.15) is 0 Å². The van der Waals surface area contributed by atoms with Crippen molar-refractivity contribution >= 4 is 5.91 Å². The number of carbonyl (C=O) groups excluding carboxylic acids is 1. The lowest BCUT2D eigenvalue weighted by molar-refractivity contribution is 0.0731. The number of aromatic nitrogens is 2. The van der Waals surface area contributed by atoms with Crippen LogP contribution in [0.2, 0.25) is 0 Å². The summed E-state index contributed by atoms with van der Waals surface area (Å²) in [5.41, 5.74) is 4.48. The molecule has 0 radical (unpaired) electrons. The van der Waals surface area contributed by atoms with Gasteiger partial charge in [0.25, 0.3) is 5.91 Å². The Morgan fingerprint density at radius 2 is 2.07 bits per heavy atom. The van der Waals surface area contributed by atoms with E-state index in [1.807, 2.05) is 10.7 Å². The van der Waals surface area contributed by atoms with Crippen LogP contribution in [-0.4, -0.2) is 28.3 Å². The number of nitrogens with zero attached hydrogens (tertiary/aromatic N) is 2. The standard InChI is InChI=1S/C24H32N4O/c1-23(2)17-9-11-24(3,13-17)22(23)26-21(29)20-18-14-25-12-10-19(18)28(27-20)15-16-7-5-4-6-8-16/h4-8,17,22,25H,9-15H2,1-3H3,(H,26,29)/t17?,22-,24?/m1/s1. The molecule has 2 heterocycles. The Bertz CT molecular complexity index is 927. The first-order chi connectivity index (χ1) is 13.9. The molecule has 3 atom stereocenters. The Kier molecular flexibility index (Phi) is 4.35. The highest BCUT2D eigenvalue weighted by atomic mass is 16.2. The lowest BCUT2D eigenvalue weighted by Crippen LogP contribution is -2.52. The third-order valence-corrected chi connectivity index (χ3v) is 7.94.